The van der Waals surface area contributed by atoms with Crippen LogP contribution in [0.4, 0.5) is 0 Å². The number of pyridine rings is 1. The molecule has 0 unspecified atom stereocenters. The van der Waals surface area contributed by atoms with Crippen LogP contribution in [-0.2, 0) is 0 Å². The van der Waals surface area contributed by atoms with Crippen molar-refractivity contribution in [2.24, 2.45) is 0 Å². The molecular formula is C19H21NO4. The van der Waals surface area contributed by atoms with Gasteiger partial charge in [0.05, 0.1) is 13.2 Å². The van der Waals surface area contributed by atoms with E-state index in [1.807, 2.05) is 32.0 Å². The third kappa shape index (κ3) is 4.59. The molecule has 1 heterocycles. The number of hydrogen-bond donors (Lipinski definition) is 1. The topological polar surface area (TPSA) is 68.4 Å². The summed E-state index contributed by atoms with van der Waals surface area (Å²) in [6.07, 6.45) is 5.43. The second-order valence-corrected chi connectivity index (χ2v) is 5.10. The Hall–Kier alpha value is -2.82. The van der Waals surface area contributed by atoms with Crippen molar-refractivity contribution < 1.29 is 14.3 Å². The third-order valence-corrected chi connectivity index (χ3v) is 3.23. The van der Waals surface area contributed by atoms with Gasteiger partial charge in [0.15, 0.2) is 17.3 Å². The zero-order chi connectivity index (χ0) is 17.4. The maximum absolute atomic E-state index is 12.2. The molecule has 0 bridgehead atoms. The normalized spacial score (nSPS) is 10.8. The molecule has 0 aliphatic rings. The van der Waals surface area contributed by atoms with Crippen LogP contribution in [0, 0.1) is 0 Å². The van der Waals surface area contributed by atoms with E-state index in [4.69, 9.17) is 9.47 Å². The molecule has 0 atom stereocenters. The van der Waals surface area contributed by atoms with Crippen LogP contribution in [0.3, 0.4) is 0 Å². The van der Waals surface area contributed by atoms with Crippen LogP contribution in [0.15, 0.2) is 47.4 Å². The first-order chi connectivity index (χ1) is 11.7. The molecule has 1 aromatic carbocycles. The lowest BCUT2D eigenvalue weighted by Gasteiger charge is -2.13. The number of allylic oxidation sites excluding steroid dienone is 1. The van der Waals surface area contributed by atoms with Gasteiger partial charge < -0.3 is 14.5 Å². The molecule has 0 radical (unpaired) electrons. The van der Waals surface area contributed by atoms with Crippen LogP contribution in [-0.4, -0.2) is 24.0 Å². The number of hydrogen-bond acceptors (Lipinski definition) is 4. The number of H-pyrrole nitrogens is 1. The van der Waals surface area contributed by atoms with Crippen molar-refractivity contribution in [3.05, 3.63) is 64.1 Å². The molecule has 126 valence electrons. The van der Waals surface area contributed by atoms with Crippen LogP contribution in [0.5, 0.6) is 11.5 Å². The molecule has 0 saturated heterocycles. The van der Waals surface area contributed by atoms with Gasteiger partial charge in [0.2, 0.25) is 5.56 Å². The van der Waals surface area contributed by atoms with E-state index < -0.39 is 0 Å². The predicted octanol–water partition coefficient (Wildman–Crippen LogP) is 3.46. The lowest BCUT2D eigenvalue weighted by atomic mass is 10.1. The van der Waals surface area contributed by atoms with Gasteiger partial charge in [-0.2, -0.15) is 0 Å². The Bertz CT molecular complexity index is 777. The smallest absolute Gasteiger partial charge is 0.248 e. The predicted molar refractivity (Wildman–Crippen MR) is 93.8 cm³/mol. The van der Waals surface area contributed by atoms with Gasteiger partial charge in [0.25, 0.3) is 0 Å². The van der Waals surface area contributed by atoms with Gasteiger partial charge in [-0.3, -0.25) is 9.59 Å². The van der Waals surface area contributed by atoms with Crippen molar-refractivity contribution in [1.82, 2.24) is 4.98 Å². The molecule has 1 aromatic heterocycles. The number of nitrogens with one attached hydrogen (secondary N) is 1. The van der Waals surface area contributed by atoms with Crippen molar-refractivity contribution in [2.45, 2.75) is 20.3 Å². The average molecular weight is 327 g/mol. The summed E-state index contributed by atoms with van der Waals surface area (Å²) in [4.78, 5) is 26.0. The Labute approximate surface area is 140 Å². The fraction of sp³-hybridized carbons (Fsp3) is 0.263. The van der Waals surface area contributed by atoms with Gasteiger partial charge in [0, 0.05) is 23.4 Å². The summed E-state index contributed by atoms with van der Waals surface area (Å²) in [5.74, 6) is 1.03. The molecule has 0 aliphatic heterocycles. The zero-order valence-corrected chi connectivity index (χ0v) is 13.9. The summed E-state index contributed by atoms with van der Waals surface area (Å²) in [6.45, 7) is 5.02. The van der Waals surface area contributed by atoms with Gasteiger partial charge in [0.1, 0.15) is 0 Å². The van der Waals surface area contributed by atoms with Crippen LogP contribution in [0.1, 0.15) is 36.2 Å². The van der Waals surface area contributed by atoms with E-state index in [1.54, 1.807) is 12.1 Å². The van der Waals surface area contributed by atoms with Crippen molar-refractivity contribution >= 4 is 11.9 Å². The van der Waals surface area contributed by atoms with E-state index in [1.165, 1.54) is 18.3 Å². The molecular weight excluding hydrogens is 306 g/mol. The van der Waals surface area contributed by atoms with Gasteiger partial charge in [-0.05, 0) is 37.6 Å². The number of rotatable bonds is 8. The quantitative estimate of drug-likeness (QED) is 0.595. The van der Waals surface area contributed by atoms with E-state index >= 15 is 0 Å². The largest absolute Gasteiger partial charge is 0.490 e. The highest BCUT2D eigenvalue weighted by Gasteiger charge is 2.10. The highest BCUT2D eigenvalue weighted by molar-refractivity contribution is 6.06. The van der Waals surface area contributed by atoms with Crippen LogP contribution < -0.4 is 15.0 Å². The Morgan fingerprint density at radius 3 is 2.75 bits per heavy atom. The van der Waals surface area contributed by atoms with Gasteiger partial charge in [-0.1, -0.05) is 19.1 Å². The maximum atomic E-state index is 12.2. The number of ether oxygens (including phenoxy) is 2. The van der Waals surface area contributed by atoms with Gasteiger partial charge >= 0.3 is 0 Å². The van der Waals surface area contributed by atoms with Crippen molar-refractivity contribution in [2.75, 3.05) is 13.2 Å². The minimum Gasteiger partial charge on any atom is -0.490 e. The molecule has 0 saturated carbocycles. The van der Waals surface area contributed by atoms with E-state index in [2.05, 4.69) is 4.98 Å². The fourth-order valence-corrected chi connectivity index (χ4v) is 2.15. The minimum atomic E-state index is -0.306. The molecule has 2 rings (SSSR count). The number of aromatic nitrogens is 1. The summed E-state index contributed by atoms with van der Waals surface area (Å²) in [7, 11) is 0. The van der Waals surface area contributed by atoms with Crippen molar-refractivity contribution in [1.29, 1.82) is 0 Å². The molecule has 0 aliphatic carbocycles. The number of carbonyl (C=O) groups excluding carboxylic acids is 1. The highest BCUT2D eigenvalue weighted by Crippen LogP contribution is 2.32. The first kappa shape index (κ1) is 17.5. The SMILES string of the molecule is CCCOc1c(/C=C/C(=O)c2cc[nH]c(=O)c2)cccc1OCC. The Kier molecular flexibility index (Phi) is 6.37. The molecule has 5 heteroatoms. The number of carbonyl (C=O) groups is 1. The first-order valence-corrected chi connectivity index (χ1v) is 7.95. The van der Waals surface area contributed by atoms with Gasteiger partial charge in [-0.15, -0.1) is 0 Å². The van der Waals surface area contributed by atoms with E-state index in [0.717, 1.165) is 12.0 Å². The number of aromatic amines is 1. The van der Waals surface area contributed by atoms with Gasteiger partial charge in [-0.25, -0.2) is 0 Å². The molecule has 0 spiro atoms. The van der Waals surface area contributed by atoms with Crippen LogP contribution >= 0.6 is 0 Å². The highest BCUT2D eigenvalue weighted by atomic mass is 16.5. The van der Waals surface area contributed by atoms with E-state index in [0.29, 0.717) is 30.3 Å². The Morgan fingerprint density at radius 1 is 1.21 bits per heavy atom. The Morgan fingerprint density at radius 2 is 2.04 bits per heavy atom. The number of benzene rings is 1. The summed E-state index contributed by atoms with van der Waals surface area (Å²) >= 11 is 0. The molecule has 0 amide bonds. The minimum absolute atomic E-state index is 0.246. The number of ketones is 1. The summed E-state index contributed by atoms with van der Waals surface area (Å²) in [5, 5.41) is 0. The van der Waals surface area contributed by atoms with Crippen LogP contribution in [0.2, 0.25) is 0 Å². The van der Waals surface area contributed by atoms with Crippen molar-refractivity contribution in [3.63, 3.8) is 0 Å². The average Bonchev–Trinajstić information content (AvgIpc) is 2.59. The number of para-hydroxylation sites is 1. The summed E-state index contributed by atoms with van der Waals surface area (Å²) in [6, 6.07) is 8.39. The summed E-state index contributed by atoms with van der Waals surface area (Å²) < 4.78 is 11.4. The second-order valence-electron chi connectivity index (χ2n) is 5.10. The monoisotopic (exact) mass is 327 g/mol. The van der Waals surface area contributed by atoms with Crippen LogP contribution in [0.25, 0.3) is 6.08 Å². The maximum Gasteiger partial charge on any atom is 0.248 e. The fourth-order valence-electron chi connectivity index (χ4n) is 2.15. The first-order valence-electron chi connectivity index (χ1n) is 7.95. The van der Waals surface area contributed by atoms with Crippen molar-refractivity contribution in [3.8, 4) is 11.5 Å². The standard InChI is InChI=1S/C19H21NO4/c1-3-12-24-19-14(6-5-7-17(19)23-4-2)8-9-16(21)15-10-11-20-18(22)13-15/h5-11,13H,3-4,12H2,1-2H3,(H,20,22)/b9-8+. The van der Waals surface area contributed by atoms with E-state index in [9.17, 15) is 9.59 Å². The molecule has 24 heavy (non-hydrogen) atoms. The third-order valence-electron chi connectivity index (χ3n) is 3.23. The molecule has 5 nitrogen and oxygen atoms in total. The molecule has 0 fully saturated rings. The lowest BCUT2D eigenvalue weighted by molar-refractivity contribution is 0.104. The Balaban J connectivity index is 2.28. The molecule has 1 N–H and O–H groups in total. The second kappa shape index (κ2) is 8.72. The lowest BCUT2D eigenvalue weighted by Crippen LogP contribution is -2.07. The molecule has 2 aromatic rings. The zero-order valence-electron chi connectivity index (χ0n) is 13.9. The summed E-state index contributed by atoms with van der Waals surface area (Å²) in [5.41, 5.74) is 0.791. The van der Waals surface area contributed by atoms with E-state index in [-0.39, 0.29) is 11.3 Å².